The third-order valence-corrected chi connectivity index (χ3v) is 3.56. The number of anilines is 1. The molecule has 0 unspecified atom stereocenters. The molecule has 0 aliphatic carbocycles. The van der Waals surface area contributed by atoms with Crippen LogP contribution in [0.4, 0.5) is 5.13 Å². The smallest absolute Gasteiger partial charge is 0.357 e. The Bertz CT molecular complexity index is 692. The van der Waals surface area contributed by atoms with Gasteiger partial charge in [-0.1, -0.05) is 6.07 Å². The Balaban J connectivity index is 1.88. The van der Waals surface area contributed by atoms with Crippen LogP contribution in [0.3, 0.4) is 0 Å². The SMILES string of the molecule is CCOC(=O)c1csc(NC(=O)COc2cc(C)cc(C)c2)n1. The quantitative estimate of drug-likeness (QED) is 0.822. The van der Waals surface area contributed by atoms with Gasteiger partial charge in [-0.3, -0.25) is 10.1 Å². The minimum absolute atomic E-state index is 0.128. The average molecular weight is 334 g/mol. The average Bonchev–Trinajstić information content (AvgIpc) is 2.93. The van der Waals surface area contributed by atoms with E-state index < -0.39 is 5.97 Å². The normalized spacial score (nSPS) is 10.2. The minimum Gasteiger partial charge on any atom is -0.484 e. The molecule has 1 heterocycles. The van der Waals surface area contributed by atoms with Crippen LogP contribution in [-0.4, -0.2) is 30.1 Å². The molecule has 0 aliphatic heterocycles. The fourth-order valence-electron chi connectivity index (χ4n) is 1.95. The predicted molar refractivity (Wildman–Crippen MR) is 88.1 cm³/mol. The van der Waals surface area contributed by atoms with Crippen LogP contribution in [0.15, 0.2) is 23.6 Å². The first-order valence-corrected chi connectivity index (χ1v) is 7.99. The number of rotatable bonds is 6. The molecule has 0 saturated heterocycles. The van der Waals surface area contributed by atoms with Gasteiger partial charge in [0.25, 0.3) is 5.91 Å². The van der Waals surface area contributed by atoms with E-state index in [4.69, 9.17) is 9.47 Å². The number of carbonyl (C=O) groups is 2. The van der Waals surface area contributed by atoms with E-state index in [0.29, 0.717) is 10.9 Å². The number of thiazole rings is 1. The highest BCUT2D eigenvalue weighted by atomic mass is 32.1. The largest absolute Gasteiger partial charge is 0.484 e. The summed E-state index contributed by atoms with van der Waals surface area (Å²) in [5.41, 5.74) is 2.32. The van der Waals surface area contributed by atoms with Crippen molar-refractivity contribution in [2.45, 2.75) is 20.8 Å². The lowest BCUT2D eigenvalue weighted by Crippen LogP contribution is -2.20. The van der Waals surface area contributed by atoms with Crippen molar-refractivity contribution in [3.63, 3.8) is 0 Å². The van der Waals surface area contributed by atoms with Crippen LogP contribution >= 0.6 is 11.3 Å². The van der Waals surface area contributed by atoms with Crippen LogP contribution in [0.2, 0.25) is 0 Å². The van der Waals surface area contributed by atoms with Gasteiger partial charge in [0.15, 0.2) is 17.4 Å². The molecule has 1 aromatic heterocycles. The number of ether oxygens (including phenoxy) is 2. The molecule has 122 valence electrons. The molecule has 6 nitrogen and oxygen atoms in total. The molecule has 0 fully saturated rings. The topological polar surface area (TPSA) is 77.5 Å². The van der Waals surface area contributed by atoms with E-state index in [-0.39, 0.29) is 24.8 Å². The van der Waals surface area contributed by atoms with E-state index >= 15 is 0 Å². The van der Waals surface area contributed by atoms with Gasteiger partial charge < -0.3 is 9.47 Å². The van der Waals surface area contributed by atoms with Gasteiger partial charge in [0.05, 0.1) is 6.61 Å². The molecular weight excluding hydrogens is 316 g/mol. The number of amides is 1. The Morgan fingerprint density at radius 3 is 2.57 bits per heavy atom. The fourth-order valence-corrected chi connectivity index (χ4v) is 2.65. The van der Waals surface area contributed by atoms with Crippen LogP contribution < -0.4 is 10.1 Å². The number of hydrogen-bond donors (Lipinski definition) is 1. The fraction of sp³-hybridized carbons (Fsp3) is 0.312. The van der Waals surface area contributed by atoms with Gasteiger partial charge in [-0.2, -0.15) is 0 Å². The number of carbonyl (C=O) groups excluding carboxylic acids is 2. The lowest BCUT2D eigenvalue weighted by Gasteiger charge is -2.07. The van der Waals surface area contributed by atoms with Crippen LogP contribution in [-0.2, 0) is 9.53 Å². The van der Waals surface area contributed by atoms with Gasteiger partial charge in [-0.05, 0) is 44.0 Å². The van der Waals surface area contributed by atoms with Crippen LogP contribution in [0.25, 0.3) is 0 Å². The molecular formula is C16H18N2O4S. The molecule has 1 N–H and O–H groups in total. The van der Waals surface area contributed by atoms with Gasteiger partial charge >= 0.3 is 5.97 Å². The molecule has 23 heavy (non-hydrogen) atoms. The number of benzene rings is 1. The Morgan fingerprint density at radius 2 is 1.91 bits per heavy atom. The van der Waals surface area contributed by atoms with Crippen LogP contribution in [0.5, 0.6) is 5.75 Å². The molecule has 2 aromatic rings. The highest BCUT2D eigenvalue weighted by molar-refractivity contribution is 7.14. The Labute approximate surface area is 138 Å². The van der Waals surface area contributed by atoms with E-state index in [9.17, 15) is 9.59 Å². The summed E-state index contributed by atoms with van der Waals surface area (Å²) >= 11 is 1.16. The Kier molecular flexibility index (Phi) is 5.70. The summed E-state index contributed by atoms with van der Waals surface area (Å²) in [6.45, 7) is 5.80. The number of aryl methyl sites for hydroxylation is 2. The molecule has 0 saturated carbocycles. The Hall–Kier alpha value is -2.41. The van der Waals surface area contributed by atoms with Gasteiger partial charge in [-0.25, -0.2) is 9.78 Å². The number of nitrogens with zero attached hydrogens (tertiary/aromatic N) is 1. The molecule has 1 aromatic carbocycles. The number of nitrogens with one attached hydrogen (secondary N) is 1. The van der Waals surface area contributed by atoms with Crippen molar-refractivity contribution in [2.24, 2.45) is 0 Å². The minimum atomic E-state index is -0.504. The number of esters is 1. The maximum absolute atomic E-state index is 11.9. The van der Waals surface area contributed by atoms with Gasteiger partial charge in [0.2, 0.25) is 0 Å². The van der Waals surface area contributed by atoms with Crippen molar-refractivity contribution in [1.82, 2.24) is 4.98 Å². The van der Waals surface area contributed by atoms with Gasteiger partial charge in [0, 0.05) is 5.38 Å². The first-order chi connectivity index (χ1) is 11.0. The van der Waals surface area contributed by atoms with Crippen LogP contribution in [0, 0.1) is 13.8 Å². The van der Waals surface area contributed by atoms with Crippen molar-refractivity contribution in [3.8, 4) is 5.75 Å². The summed E-state index contributed by atoms with van der Waals surface area (Å²) in [5, 5.41) is 4.47. The van der Waals surface area contributed by atoms with Crippen molar-refractivity contribution < 1.29 is 19.1 Å². The number of hydrogen-bond acceptors (Lipinski definition) is 6. The van der Waals surface area contributed by atoms with Crippen molar-refractivity contribution >= 4 is 28.3 Å². The zero-order chi connectivity index (χ0) is 16.8. The molecule has 0 aliphatic rings. The zero-order valence-corrected chi connectivity index (χ0v) is 14.0. The molecule has 2 rings (SSSR count). The van der Waals surface area contributed by atoms with Crippen molar-refractivity contribution in [2.75, 3.05) is 18.5 Å². The zero-order valence-electron chi connectivity index (χ0n) is 13.2. The molecule has 0 bridgehead atoms. The lowest BCUT2D eigenvalue weighted by molar-refractivity contribution is -0.118. The van der Waals surface area contributed by atoms with E-state index in [2.05, 4.69) is 10.3 Å². The van der Waals surface area contributed by atoms with E-state index in [1.165, 1.54) is 0 Å². The predicted octanol–water partition coefficient (Wildman–Crippen LogP) is 2.95. The summed E-state index contributed by atoms with van der Waals surface area (Å²) in [4.78, 5) is 27.4. The summed E-state index contributed by atoms with van der Waals surface area (Å²) in [6.07, 6.45) is 0. The third-order valence-electron chi connectivity index (χ3n) is 2.80. The highest BCUT2D eigenvalue weighted by Gasteiger charge is 2.13. The van der Waals surface area contributed by atoms with Gasteiger partial charge in [0.1, 0.15) is 5.75 Å². The second kappa shape index (κ2) is 7.73. The summed E-state index contributed by atoms with van der Waals surface area (Å²) < 4.78 is 10.3. The van der Waals surface area contributed by atoms with E-state index in [1.807, 2.05) is 32.0 Å². The highest BCUT2D eigenvalue weighted by Crippen LogP contribution is 2.18. The second-order valence-electron chi connectivity index (χ2n) is 4.92. The molecule has 7 heteroatoms. The number of aromatic nitrogens is 1. The standard InChI is InChI=1S/C16H18N2O4S/c1-4-21-15(20)13-9-23-16(17-13)18-14(19)8-22-12-6-10(2)5-11(3)7-12/h5-7,9H,4,8H2,1-3H3,(H,17,18,19). The third kappa shape index (κ3) is 5.07. The molecule has 1 amide bonds. The first kappa shape index (κ1) is 17.0. The molecule has 0 radical (unpaired) electrons. The van der Waals surface area contributed by atoms with E-state index in [0.717, 1.165) is 22.5 Å². The monoisotopic (exact) mass is 334 g/mol. The molecule has 0 atom stereocenters. The van der Waals surface area contributed by atoms with Gasteiger partial charge in [-0.15, -0.1) is 11.3 Å². The lowest BCUT2D eigenvalue weighted by atomic mass is 10.1. The summed E-state index contributed by atoms with van der Waals surface area (Å²) in [7, 11) is 0. The van der Waals surface area contributed by atoms with Crippen molar-refractivity contribution in [3.05, 3.63) is 40.4 Å². The Morgan fingerprint density at radius 1 is 1.22 bits per heavy atom. The molecule has 0 spiro atoms. The maximum atomic E-state index is 11.9. The van der Waals surface area contributed by atoms with Crippen molar-refractivity contribution in [1.29, 1.82) is 0 Å². The van der Waals surface area contributed by atoms with Crippen LogP contribution in [0.1, 0.15) is 28.5 Å². The first-order valence-electron chi connectivity index (χ1n) is 7.11. The second-order valence-corrected chi connectivity index (χ2v) is 5.78. The summed E-state index contributed by atoms with van der Waals surface area (Å²) in [5.74, 6) is -0.200. The maximum Gasteiger partial charge on any atom is 0.357 e. The van der Waals surface area contributed by atoms with E-state index in [1.54, 1.807) is 12.3 Å². The summed E-state index contributed by atoms with van der Waals surface area (Å²) in [6, 6.07) is 5.75.